The number of aromatic amines is 1. The Kier molecular flexibility index (Phi) is 6.40. The van der Waals surface area contributed by atoms with Gasteiger partial charge in [-0.1, -0.05) is 13.0 Å². The molecule has 1 aliphatic rings. The number of benzene rings is 1. The van der Waals surface area contributed by atoms with E-state index in [1.54, 1.807) is 7.11 Å². The summed E-state index contributed by atoms with van der Waals surface area (Å²) in [5.41, 5.74) is 3.04. The van der Waals surface area contributed by atoms with Crippen LogP contribution >= 0.6 is 0 Å². The zero-order chi connectivity index (χ0) is 21.6. The molecule has 1 aromatic carbocycles. The van der Waals surface area contributed by atoms with E-state index in [9.17, 15) is 0 Å². The second-order valence-corrected chi connectivity index (χ2v) is 7.34. The van der Waals surface area contributed by atoms with Gasteiger partial charge in [0.05, 0.1) is 37.9 Å². The molecule has 0 saturated carbocycles. The van der Waals surface area contributed by atoms with Crippen molar-refractivity contribution in [2.45, 2.75) is 26.1 Å². The van der Waals surface area contributed by atoms with E-state index in [2.05, 4.69) is 37.3 Å². The van der Waals surface area contributed by atoms with Crippen molar-refractivity contribution >= 4 is 11.6 Å². The summed E-state index contributed by atoms with van der Waals surface area (Å²) < 4.78 is 11.7. The number of likely N-dealkylation sites (tertiary alicyclic amines) is 1. The molecule has 3 aromatic rings. The lowest BCUT2D eigenvalue weighted by Crippen LogP contribution is -2.22. The number of nitrogens with one attached hydrogen (secondary N) is 2. The fraction of sp³-hybridized carbons (Fsp3) is 0.364. The number of anilines is 2. The van der Waals surface area contributed by atoms with Crippen molar-refractivity contribution in [2.24, 2.45) is 0 Å². The van der Waals surface area contributed by atoms with Gasteiger partial charge in [-0.05, 0) is 30.7 Å². The molecule has 1 aliphatic heterocycles. The molecule has 1 atom stereocenters. The highest BCUT2D eigenvalue weighted by Gasteiger charge is 2.21. The van der Waals surface area contributed by atoms with Crippen LogP contribution in [-0.4, -0.2) is 57.9 Å². The van der Waals surface area contributed by atoms with Gasteiger partial charge in [-0.2, -0.15) is 10.4 Å². The van der Waals surface area contributed by atoms with Gasteiger partial charge in [0.25, 0.3) is 0 Å². The predicted octanol–water partition coefficient (Wildman–Crippen LogP) is 3.10. The molecule has 2 aromatic heterocycles. The number of hydrogen-bond acceptors (Lipinski definition) is 8. The summed E-state index contributed by atoms with van der Waals surface area (Å²) in [5, 5.41) is 19.2. The molecule has 31 heavy (non-hydrogen) atoms. The first-order chi connectivity index (χ1) is 15.2. The molecule has 160 valence electrons. The Hall–Kier alpha value is -3.48. The van der Waals surface area contributed by atoms with Gasteiger partial charge in [0.15, 0.2) is 11.5 Å². The van der Waals surface area contributed by atoms with Crippen LogP contribution in [0.25, 0.3) is 11.3 Å². The Morgan fingerprint density at radius 2 is 2.16 bits per heavy atom. The molecule has 3 heterocycles. The molecule has 9 heteroatoms. The van der Waals surface area contributed by atoms with Crippen molar-refractivity contribution < 1.29 is 9.47 Å². The molecule has 4 rings (SSSR count). The third kappa shape index (κ3) is 4.99. The van der Waals surface area contributed by atoms with Crippen LogP contribution in [0.3, 0.4) is 0 Å². The Bertz CT molecular complexity index is 1060. The average Bonchev–Trinajstić information content (AvgIpc) is 3.47. The van der Waals surface area contributed by atoms with Gasteiger partial charge in [-0.3, -0.25) is 5.10 Å². The van der Waals surface area contributed by atoms with Crippen LogP contribution in [0.4, 0.5) is 11.6 Å². The van der Waals surface area contributed by atoms with Crippen LogP contribution in [0.1, 0.15) is 24.6 Å². The molecule has 0 bridgehead atoms. The third-order valence-corrected chi connectivity index (χ3v) is 5.32. The third-order valence-electron chi connectivity index (χ3n) is 5.32. The minimum absolute atomic E-state index is 0.262. The number of likely N-dealkylation sites (N-methyl/N-ethyl adjacent to an activating group) is 1. The van der Waals surface area contributed by atoms with E-state index in [4.69, 9.17) is 14.7 Å². The van der Waals surface area contributed by atoms with Crippen molar-refractivity contribution in [1.29, 1.82) is 5.26 Å². The van der Waals surface area contributed by atoms with E-state index in [-0.39, 0.29) is 11.8 Å². The molecular formula is C22H25N7O2. The fourth-order valence-corrected chi connectivity index (χ4v) is 3.59. The molecule has 1 saturated heterocycles. The number of nitriles is 1. The van der Waals surface area contributed by atoms with Crippen LogP contribution in [-0.2, 0) is 11.3 Å². The fourth-order valence-electron chi connectivity index (χ4n) is 3.59. The first-order valence-corrected chi connectivity index (χ1v) is 10.2. The minimum atomic E-state index is 0.262. The maximum absolute atomic E-state index is 8.81. The second-order valence-electron chi connectivity index (χ2n) is 7.34. The quantitative estimate of drug-likeness (QED) is 0.573. The maximum Gasteiger partial charge on any atom is 0.158 e. The van der Waals surface area contributed by atoms with E-state index in [0.717, 1.165) is 48.6 Å². The summed E-state index contributed by atoms with van der Waals surface area (Å²) in [6.07, 6.45) is 4.27. The second kappa shape index (κ2) is 9.55. The van der Waals surface area contributed by atoms with Crippen LogP contribution in [0, 0.1) is 11.3 Å². The summed E-state index contributed by atoms with van der Waals surface area (Å²) in [6.45, 7) is 5.92. The van der Waals surface area contributed by atoms with Crippen LogP contribution in [0.15, 0.2) is 36.7 Å². The van der Waals surface area contributed by atoms with E-state index in [1.165, 1.54) is 12.4 Å². The Morgan fingerprint density at radius 3 is 2.87 bits per heavy atom. The number of aromatic nitrogens is 4. The van der Waals surface area contributed by atoms with Gasteiger partial charge in [0.2, 0.25) is 0 Å². The maximum atomic E-state index is 8.81. The number of H-pyrrole nitrogens is 1. The van der Waals surface area contributed by atoms with Crippen LogP contribution in [0.2, 0.25) is 0 Å². The number of hydrogen-bond donors (Lipinski definition) is 2. The molecular weight excluding hydrogens is 394 g/mol. The summed E-state index contributed by atoms with van der Waals surface area (Å²) in [4.78, 5) is 10.5. The van der Waals surface area contributed by atoms with E-state index >= 15 is 0 Å². The number of ether oxygens (including phenoxy) is 2. The minimum Gasteiger partial charge on any atom is -0.496 e. The molecule has 0 aliphatic carbocycles. The Morgan fingerprint density at radius 1 is 1.26 bits per heavy atom. The van der Waals surface area contributed by atoms with Crippen molar-refractivity contribution in [1.82, 2.24) is 25.1 Å². The number of nitrogens with zero attached hydrogens (tertiary/aromatic N) is 5. The molecule has 0 radical (unpaired) electrons. The molecule has 0 amide bonds. The average molecular weight is 419 g/mol. The topological polar surface area (TPSA) is 112 Å². The molecule has 1 unspecified atom stereocenters. The number of methoxy groups -OCH3 is 1. The normalized spacial score (nSPS) is 16.2. The Balaban J connectivity index is 1.42. The summed E-state index contributed by atoms with van der Waals surface area (Å²) in [5.74, 6) is 1.84. The van der Waals surface area contributed by atoms with Gasteiger partial charge >= 0.3 is 0 Å². The molecule has 0 spiro atoms. The van der Waals surface area contributed by atoms with Crippen molar-refractivity contribution in [3.63, 3.8) is 0 Å². The van der Waals surface area contributed by atoms with Gasteiger partial charge in [-0.25, -0.2) is 9.97 Å². The van der Waals surface area contributed by atoms with Crippen molar-refractivity contribution in [3.8, 4) is 23.1 Å². The first kappa shape index (κ1) is 20.8. The standard InChI is InChI=1S/C22H25N7O2/c1-3-29-7-6-17(13-29)31-14-15-4-5-18(20(8-15)30-2)19-9-21(28-27-19)26-22-12-24-16(10-23)11-25-22/h4-5,8-9,11-12,17H,3,6-7,13-14H2,1-2H3,(H2,25,26,27,28). The van der Waals surface area contributed by atoms with Gasteiger partial charge in [0.1, 0.15) is 17.6 Å². The molecule has 1 fully saturated rings. The Labute approximate surface area is 181 Å². The van der Waals surface area contributed by atoms with E-state index in [0.29, 0.717) is 18.2 Å². The number of rotatable bonds is 8. The highest BCUT2D eigenvalue weighted by molar-refractivity contribution is 5.71. The van der Waals surface area contributed by atoms with Crippen molar-refractivity contribution in [3.05, 3.63) is 47.9 Å². The summed E-state index contributed by atoms with van der Waals surface area (Å²) in [6, 6.07) is 9.86. The lowest BCUT2D eigenvalue weighted by atomic mass is 10.1. The summed E-state index contributed by atoms with van der Waals surface area (Å²) >= 11 is 0. The zero-order valence-electron chi connectivity index (χ0n) is 17.6. The smallest absolute Gasteiger partial charge is 0.158 e. The zero-order valence-corrected chi connectivity index (χ0v) is 17.6. The van der Waals surface area contributed by atoms with Crippen LogP contribution in [0.5, 0.6) is 5.75 Å². The lowest BCUT2D eigenvalue weighted by Gasteiger charge is -2.15. The van der Waals surface area contributed by atoms with Crippen molar-refractivity contribution in [2.75, 3.05) is 32.1 Å². The summed E-state index contributed by atoms with van der Waals surface area (Å²) in [7, 11) is 1.65. The monoisotopic (exact) mass is 419 g/mol. The van der Waals surface area contributed by atoms with E-state index < -0.39 is 0 Å². The van der Waals surface area contributed by atoms with Gasteiger partial charge < -0.3 is 19.7 Å². The highest BCUT2D eigenvalue weighted by atomic mass is 16.5. The first-order valence-electron chi connectivity index (χ1n) is 10.2. The molecule has 9 nitrogen and oxygen atoms in total. The highest BCUT2D eigenvalue weighted by Crippen LogP contribution is 2.31. The largest absolute Gasteiger partial charge is 0.496 e. The van der Waals surface area contributed by atoms with Gasteiger partial charge in [-0.15, -0.1) is 0 Å². The SMILES string of the molecule is CCN1CCC(OCc2ccc(-c3cc(Nc4cnc(C#N)cn4)n[nH]3)c(OC)c2)C1. The predicted molar refractivity (Wildman–Crippen MR) is 116 cm³/mol. The lowest BCUT2D eigenvalue weighted by molar-refractivity contribution is 0.0470. The van der Waals surface area contributed by atoms with Gasteiger partial charge in [0, 0.05) is 24.7 Å². The van der Waals surface area contributed by atoms with Crippen LogP contribution < -0.4 is 10.1 Å². The molecule has 2 N–H and O–H groups in total. The van der Waals surface area contributed by atoms with E-state index in [1.807, 2.05) is 30.3 Å².